The highest BCUT2D eigenvalue weighted by Gasteiger charge is 2.20. The standard InChI is InChI=1S/C30H28N4OS/c1-20-15-16-26(17-21(20)2)33-22(3)18-27(23(33)4)28(35)19-36-30-32-31-29(24-11-7-5-8-12-24)34(30)25-13-9-6-10-14-25/h5-18H,19H2,1-4H3. The van der Waals surface area contributed by atoms with E-state index in [4.69, 9.17) is 0 Å². The molecule has 5 aromatic rings. The van der Waals surface area contributed by atoms with Gasteiger partial charge in [0, 0.05) is 33.9 Å². The summed E-state index contributed by atoms with van der Waals surface area (Å²) in [5.41, 5.74) is 8.25. The molecule has 5 nitrogen and oxygen atoms in total. The topological polar surface area (TPSA) is 52.7 Å². The van der Waals surface area contributed by atoms with Gasteiger partial charge in [-0.2, -0.15) is 0 Å². The summed E-state index contributed by atoms with van der Waals surface area (Å²) in [4.78, 5) is 13.4. The minimum atomic E-state index is 0.0760. The molecule has 0 unspecified atom stereocenters. The Bertz CT molecular complexity index is 1530. The molecule has 0 radical (unpaired) electrons. The predicted octanol–water partition coefficient (Wildman–Crippen LogP) is 6.93. The van der Waals surface area contributed by atoms with E-state index >= 15 is 0 Å². The third-order valence-corrected chi connectivity index (χ3v) is 7.42. The van der Waals surface area contributed by atoms with Gasteiger partial charge in [0.15, 0.2) is 16.8 Å². The van der Waals surface area contributed by atoms with E-state index in [1.165, 1.54) is 22.9 Å². The molecule has 0 bridgehead atoms. The maximum Gasteiger partial charge on any atom is 0.196 e. The van der Waals surface area contributed by atoms with Gasteiger partial charge in [0.05, 0.1) is 5.75 Å². The van der Waals surface area contributed by atoms with Crippen LogP contribution >= 0.6 is 11.8 Å². The third kappa shape index (κ3) is 4.52. The van der Waals surface area contributed by atoms with Crippen LogP contribution in [0.1, 0.15) is 32.9 Å². The van der Waals surface area contributed by atoms with Crippen LogP contribution in [0.5, 0.6) is 0 Å². The van der Waals surface area contributed by atoms with Crippen molar-refractivity contribution >= 4 is 17.5 Å². The first-order chi connectivity index (χ1) is 17.4. The second-order valence-electron chi connectivity index (χ2n) is 8.94. The van der Waals surface area contributed by atoms with Crippen LogP contribution in [0.3, 0.4) is 0 Å². The molecule has 0 amide bonds. The molecule has 3 aromatic carbocycles. The van der Waals surface area contributed by atoms with E-state index in [-0.39, 0.29) is 11.5 Å². The van der Waals surface area contributed by atoms with Gasteiger partial charge in [-0.3, -0.25) is 9.36 Å². The number of aryl methyl sites for hydroxylation is 3. The summed E-state index contributed by atoms with van der Waals surface area (Å²) in [5.74, 6) is 1.11. The van der Waals surface area contributed by atoms with Crippen molar-refractivity contribution < 1.29 is 4.79 Å². The van der Waals surface area contributed by atoms with Crippen molar-refractivity contribution in [2.45, 2.75) is 32.9 Å². The molecule has 0 aliphatic carbocycles. The fraction of sp³-hybridized carbons (Fsp3) is 0.167. The smallest absolute Gasteiger partial charge is 0.196 e. The largest absolute Gasteiger partial charge is 0.318 e. The summed E-state index contributed by atoms with van der Waals surface area (Å²) < 4.78 is 4.18. The summed E-state index contributed by atoms with van der Waals surface area (Å²) in [6.45, 7) is 8.28. The molecule has 0 saturated heterocycles. The Labute approximate surface area is 215 Å². The van der Waals surface area contributed by atoms with Crippen molar-refractivity contribution in [3.63, 3.8) is 0 Å². The van der Waals surface area contributed by atoms with Crippen LogP contribution in [-0.4, -0.2) is 30.9 Å². The van der Waals surface area contributed by atoms with Crippen molar-refractivity contribution in [3.05, 3.63) is 113 Å². The number of carbonyl (C=O) groups is 1. The van der Waals surface area contributed by atoms with Crippen LogP contribution < -0.4 is 0 Å². The highest BCUT2D eigenvalue weighted by atomic mass is 32.2. The number of benzene rings is 3. The van der Waals surface area contributed by atoms with Crippen molar-refractivity contribution in [1.29, 1.82) is 0 Å². The summed E-state index contributed by atoms with van der Waals surface area (Å²) in [7, 11) is 0. The first kappa shape index (κ1) is 23.8. The molecule has 0 N–H and O–H groups in total. The summed E-state index contributed by atoms with van der Waals surface area (Å²) in [6.07, 6.45) is 0. The quantitative estimate of drug-likeness (QED) is 0.183. The lowest BCUT2D eigenvalue weighted by Crippen LogP contribution is -2.07. The second-order valence-corrected chi connectivity index (χ2v) is 9.89. The van der Waals surface area contributed by atoms with Crippen LogP contribution in [-0.2, 0) is 0 Å². The van der Waals surface area contributed by atoms with E-state index in [1.807, 2.05) is 85.1 Å². The number of aromatic nitrogens is 4. The van der Waals surface area contributed by atoms with E-state index < -0.39 is 0 Å². The molecular formula is C30H28N4OS. The van der Waals surface area contributed by atoms with Gasteiger partial charge in [-0.25, -0.2) is 0 Å². The minimum Gasteiger partial charge on any atom is -0.318 e. The van der Waals surface area contributed by atoms with Gasteiger partial charge in [-0.05, 0) is 69.2 Å². The minimum absolute atomic E-state index is 0.0760. The molecule has 0 spiro atoms. The van der Waals surface area contributed by atoms with Crippen LogP contribution in [0, 0.1) is 27.7 Å². The number of para-hydroxylation sites is 1. The number of rotatable bonds is 7. The average molecular weight is 493 g/mol. The zero-order valence-electron chi connectivity index (χ0n) is 20.9. The van der Waals surface area contributed by atoms with Crippen molar-refractivity contribution in [2.75, 3.05) is 5.75 Å². The fourth-order valence-electron chi connectivity index (χ4n) is 4.46. The van der Waals surface area contributed by atoms with E-state index in [9.17, 15) is 4.79 Å². The first-order valence-electron chi connectivity index (χ1n) is 11.9. The lowest BCUT2D eigenvalue weighted by atomic mass is 10.1. The molecule has 2 aromatic heterocycles. The molecule has 5 rings (SSSR count). The average Bonchev–Trinajstić information content (AvgIpc) is 3.45. The fourth-order valence-corrected chi connectivity index (χ4v) is 5.30. The van der Waals surface area contributed by atoms with E-state index in [0.29, 0.717) is 5.16 Å². The summed E-state index contributed by atoms with van der Waals surface area (Å²) >= 11 is 1.41. The number of ketones is 1. The van der Waals surface area contributed by atoms with Gasteiger partial charge in [0.1, 0.15) is 0 Å². The summed E-state index contributed by atoms with van der Waals surface area (Å²) in [5, 5.41) is 9.64. The molecule has 0 atom stereocenters. The Morgan fingerprint density at radius 2 is 1.44 bits per heavy atom. The Morgan fingerprint density at radius 3 is 2.14 bits per heavy atom. The van der Waals surface area contributed by atoms with Crippen molar-refractivity contribution in [2.24, 2.45) is 0 Å². The van der Waals surface area contributed by atoms with Gasteiger partial charge in [-0.1, -0.05) is 66.4 Å². The number of thioether (sulfide) groups is 1. The van der Waals surface area contributed by atoms with Crippen molar-refractivity contribution in [1.82, 2.24) is 19.3 Å². The van der Waals surface area contributed by atoms with Gasteiger partial charge >= 0.3 is 0 Å². The maximum absolute atomic E-state index is 13.4. The highest BCUT2D eigenvalue weighted by molar-refractivity contribution is 7.99. The Kier molecular flexibility index (Phi) is 6.61. The van der Waals surface area contributed by atoms with Crippen molar-refractivity contribution in [3.8, 4) is 22.8 Å². The van der Waals surface area contributed by atoms with E-state index in [0.717, 1.165) is 39.7 Å². The Hall–Kier alpha value is -3.90. The van der Waals surface area contributed by atoms with Gasteiger partial charge in [0.2, 0.25) is 0 Å². The third-order valence-electron chi connectivity index (χ3n) is 6.49. The lowest BCUT2D eigenvalue weighted by Gasteiger charge is -2.12. The van der Waals surface area contributed by atoms with Crippen LogP contribution in [0.25, 0.3) is 22.8 Å². The van der Waals surface area contributed by atoms with Gasteiger partial charge < -0.3 is 4.57 Å². The monoisotopic (exact) mass is 492 g/mol. The number of nitrogens with zero attached hydrogens (tertiary/aromatic N) is 4. The van der Waals surface area contributed by atoms with Gasteiger partial charge in [0.25, 0.3) is 0 Å². The number of hydrogen-bond acceptors (Lipinski definition) is 4. The Morgan fingerprint density at radius 1 is 0.750 bits per heavy atom. The molecule has 0 aliphatic rings. The van der Waals surface area contributed by atoms with Crippen LogP contribution in [0.2, 0.25) is 0 Å². The number of hydrogen-bond donors (Lipinski definition) is 0. The maximum atomic E-state index is 13.4. The molecule has 0 aliphatic heterocycles. The van der Waals surface area contributed by atoms with E-state index in [1.54, 1.807) is 0 Å². The molecule has 2 heterocycles. The zero-order valence-corrected chi connectivity index (χ0v) is 21.7. The van der Waals surface area contributed by atoms with Crippen LogP contribution in [0.15, 0.2) is 90.1 Å². The van der Waals surface area contributed by atoms with Gasteiger partial charge in [-0.15, -0.1) is 10.2 Å². The number of Topliss-reactive ketones (excluding diaryl/α,β-unsaturated/α-hetero) is 1. The first-order valence-corrected chi connectivity index (χ1v) is 12.9. The molecule has 0 saturated carbocycles. The highest BCUT2D eigenvalue weighted by Crippen LogP contribution is 2.29. The van der Waals surface area contributed by atoms with E-state index in [2.05, 4.69) is 46.8 Å². The summed E-state index contributed by atoms with van der Waals surface area (Å²) in [6, 6.07) is 28.4. The normalized spacial score (nSPS) is 11.1. The zero-order chi connectivity index (χ0) is 25.2. The molecular weight excluding hydrogens is 464 g/mol. The predicted molar refractivity (Wildman–Crippen MR) is 147 cm³/mol. The van der Waals surface area contributed by atoms with Crippen LogP contribution in [0.4, 0.5) is 0 Å². The SMILES string of the molecule is Cc1ccc(-n2c(C)cc(C(=O)CSc3nnc(-c4ccccc4)n3-c3ccccc3)c2C)cc1C. The second kappa shape index (κ2) is 9.99. The molecule has 36 heavy (non-hydrogen) atoms. The molecule has 0 fully saturated rings. The molecule has 6 heteroatoms. The lowest BCUT2D eigenvalue weighted by molar-refractivity contribution is 0.102. The number of carbonyl (C=O) groups excluding carboxylic acids is 1. The Balaban J connectivity index is 1.44. The molecule has 180 valence electrons.